The average molecular weight is 608 g/mol. The number of hydrogen-bond donors (Lipinski definition) is 2. The SMILES string of the molecule is COc1cc(N2CCCN(CC(C)(C)O)CC2)ccc1Nc1ncc(-c2ccc(Cl)c(O[C@@H](C)Cn3cnnn3)c2)cn1. The number of β-amino-alcohol motifs (C(OH)–C–C–N with tert-alkyl or cyclic N) is 1. The zero-order valence-electron chi connectivity index (χ0n) is 24.9. The lowest BCUT2D eigenvalue weighted by Gasteiger charge is -2.28. The van der Waals surface area contributed by atoms with E-state index in [-0.39, 0.29) is 6.10 Å². The number of nitrogens with one attached hydrogen (secondary N) is 1. The number of hydrogen-bond acceptors (Lipinski definition) is 11. The first-order valence-corrected chi connectivity index (χ1v) is 14.7. The molecule has 4 aromatic rings. The van der Waals surface area contributed by atoms with Gasteiger partial charge in [0.05, 0.1) is 30.0 Å². The number of aliphatic hydroxyl groups is 1. The Morgan fingerprint density at radius 2 is 1.84 bits per heavy atom. The number of ether oxygens (including phenoxy) is 2. The maximum absolute atomic E-state index is 10.2. The van der Waals surface area contributed by atoms with E-state index in [0.717, 1.165) is 55.1 Å². The molecule has 0 spiro atoms. The lowest BCUT2D eigenvalue weighted by molar-refractivity contribution is 0.0385. The standard InChI is InChI=1S/C30H38ClN9O3/c1-21(18-40-20-34-36-37-40)43-27-14-22(6-8-25(27)31)23-16-32-29(33-17-23)35-26-9-7-24(15-28(26)42-4)39-11-5-10-38(12-13-39)19-30(2,3)41/h6-9,14-17,20-21,41H,5,10-13,18-19H2,1-4H3,(H,32,33,35)/t21-/m0/s1. The summed E-state index contributed by atoms with van der Waals surface area (Å²) >= 11 is 6.41. The molecule has 0 aliphatic carbocycles. The Hall–Kier alpha value is -4.00. The van der Waals surface area contributed by atoms with Crippen LogP contribution in [0, 0.1) is 0 Å². The molecule has 228 valence electrons. The number of anilines is 3. The molecule has 13 heteroatoms. The van der Waals surface area contributed by atoms with Gasteiger partial charge in [-0.1, -0.05) is 17.7 Å². The summed E-state index contributed by atoms with van der Waals surface area (Å²) in [6, 6.07) is 11.7. The van der Waals surface area contributed by atoms with Gasteiger partial charge in [0.1, 0.15) is 23.9 Å². The summed E-state index contributed by atoms with van der Waals surface area (Å²) in [5, 5.41) is 25.2. The van der Waals surface area contributed by atoms with Crippen molar-refractivity contribution >= 4 is 28.9 Å². The summed E-state index contributed by atoms with van der Waals surface area (Å²) in [6.07, 6.45) is 5.88. The second-order valence-corrected chi connectivity index (χ2v) is 11.7. The van der Waals surface area contributed by atoms with E-state index in [2.05, 4.69) is 46.7 Å². The molecule has 2 aromatic carbocycles. The molecular weight excluding hydrogens is 570 g/mol. The summed E-state index contributed by atoms with van der Waals surface area (Å²) in [7, 11) is 1.66. The quantitative estimate of drug-likeness (QED) is 0.253. The molecule has 3 heterocycles. The number of benzene rings is 2. The van der Waals surface area contributed by atoms with Gasteiger partial charge in [-0.25, -0.2) is 14.6 Å². The van der Waals surface area contributed by atoms with Crippen LogP contribution in [0.1, 0.15) is 27.2 Å². The Bertz CT molecular complexity index is 1480. The van der Waals surface area contributed by atoms with Crippen LogP contribution in [-0.4, -0.2) is 91.7 Å². The van der Waals surface area contributed by atoms with Crippen molar-refractivity contribution in [2.45, 2.75) is 45.4 Å². The van der Waals surface area contributed by atoms with Crippen molar-refractivity contribution in [1.82, 2.24) is 35.1 Å². The van der Waals surface area contributed by atoms with E-state index < -0.39 is 5.60 Å². The maximum atomic E-state index is 10.2. The fourth-order valence-electron chi connectivity index (χ4n) is 5.13. The highest BCUT2D eigenvalue weighted by Gasteiger charge is 2.22. The molecule has 2 aromatic heterocycles. The molecule has 0 radical (unpaired) electrons. The third-order valence-corrected chi connectivity index (χ3v) is 7.39. The largest absolute Gasteiger partial charge is 0.494 e. The second kappa shape index (κ2) is 13.5. The van der Waals surface area contributed by atoms with Crippen LogP contribution in [0.2, 0.25) is 5.02 Å². The highest BCUT2D eigenvalue weighted by Crippen LogP contribution is 2.33. The molecule has 0 saturated carbocycles. The van der Waals surface area contributed by atoms with Gasteiger partial charge >= 0.3 is 0 Å². The Kier molecular flexibility index (Phi) is 9.59. The summed E-state index contributed by atoms with van der Waals surface area (Å²) < 4.78 is 13.4. The van der Waals surface area contributed by atoms with Gasteiger partial charge in [-0.2, -0.15) is 0 Å². The Morgan fingerprint density at radius 1 is 1.02 bits per heavy atom. The van der Waals surface area contributed by atoms with Crippen molar-refractivity contribution in [1.29, 1.82) is 0 Å². The minimum Gasteiger partial charge on any atom is -0.494 e. The molecular formula is C30H38ClN9O3. The Balaban J connectivity index is 1.23. The van der Waals surface area contributed by atoms with E-state index in [1.807, 2.05) is 45.0 Å². The third kappa shape index (κ3) is 8.31. The van der Waals surface area contributed by atoms with Gasteiger partial charge in [0.15, 0.2) is 0 Å². The molecule has 1 aliphatic heterocycles. The first kappa shape index (κ1) is 30.5. The number of halogens is 1. The second-order valence-electron chi connectivity index (χ2n) is 11.3. The monoisotopic (exact) mass is 607 g/mol. The van der Waals surface area contributed by atoms with Crippen molar-refractivity contribution < 1.29 is 14.6 Å². The van der Waals surface area contributed by atoms with Crippen LogP contribution in [0.15, 0.2) is 55.1 Å². The van der Waals surface area contributed by atoms with Gasteiger partial charge < -0.3 is 24.8 Å². The molecule has 2 N–H and O–H groups in total. The molecule has 12 nitrogen and oxygen atoms in total. The summed E-state index contributed by atoms with van der Waals surface area (Å²) in [4.78, 5) is 13.8. The molecule has 1 saturated heterocycles. The van der Waals surface area contributed by atoms with Crippen LogP contribution < -0.4 is 19.7 Å². The fourth-order valence-corrected chi connectivity index (χ4v) is 5.29. The van der Waals surface area contributed by atoms with Gasteiger partial charge in [-0.3, -0.25) is 4.90 Å². The van der Waals surface area contributed by atoms with Crippen LogP contribution in [0.4, 0.5) is 17.3 Å². The predicted molar refractivity (Wildman–Crippen MR) is 166 cm³/mol. The molecule has 43 heavy (non-hydrogen) atoms. The van der Waals surface area contributed by atoms with Gasteiger partial charge in [-0.15, -0.1) is 5.10 Å². The molecule has 5 rings (SSSR count). The van der Waals surface area contributed by atoms with Crippen LogP contribution in [0.5, 0.6) is 11.5 Å². The lowest BCUT2D eigenvalue weighted by Crippen LogP contribution is -2.40. The van der Waals surface area contributed by atoms with Crippen molar-refractivity contribution in [2.24, 2.45) is 0 Å². The highest BCUT2D eigenvalue weighted by molar-refractivity contribution is 6.32. The summed E-state index contributed by atoms with van der Waals surface area (Å²) in [5.74, 6) is 1.71. The Labute approximate surface area is 256 Å². The van der Waals surface area contributed by atoms with E-state index in [1.165, 1.54) is 0 Å². The maximum Gasteiger partial charge on any atom is 0.227 e. The predicted octanol–water partition coefficient (Wildman–Crippen LogP) is 4.29. The molecule has 1 fully saturated rings. The first-order chi connectivity index (χ1) is 20.7. The molecule has 1 atom stereocenters. The van der Waals surface area contributed by atoms with E-state index in [9.17, 15) is 5.11 Å². The minimum atomic E-state index is -0.700. The number of nitrogens with zero attached hydrogens (tertiary/aromatic N) is 8. The molecule has 0 unspecified atom stereocenters. The fraction of sp³-hybridized carbons (Fsp3) is 0.433. The number of tetrazole rings is 1. The summed E-state index contributed by atoms with van der Waals surface area (Å²) in [5.41, 5.74) is 2.87. The van der Waals surface area contributed by atoms with Crippen molar-refractivity contribution in [3.05, 3.63) is 60.1 Å². The molecule has 1 aliphatic rings. The van der Waals surface area contributed by atoms with E-state index in [4.69, 9.17) is 21.1 Å². The Morgan fingerprint density at radius 3 is 2.56 bits per heavy atom. The van der Waals surface area contributed by atoms with Crippen LogP contribution in [-0.2, 0) is 6.54 Å². The number of rotatable bonds is 11. The van der Waals surface area contributed by atoms with E-state index >= 15 is 0 Å². The lowest BCUT2D eigenvalue weighted by atomic mass is 10.1. The van der Waals surface area contributed by atoms with Gasteiger partial charge in [0.25, 0.3) is 0 Å². The highest BCUT2D eigenvalue weighted by atomic mass is 35.5. The van der Waals surface area contributed by atoms with Gasteiger partial charge in [-0.05, 0) is 67.4 Å². The van der Waals surface area contributed by atoms with E-state index in [1.54, 1.807) is 36.6 Å². The van der Waals surface area contributed by atoms with Crippen molar-refractivity contribution in [3.8, 4) is 22.6 Å². The third-order valence-electron chi connectivity index (χ3n) is 7.08. The zero-order valence-corrected chi connectivity index (χ0v) is 25.7. The van der Waals surface area contributed by atoms with Crippen molar-refractivity contribution in [2.75, 3.05) is 50.1 Å². The van der Waals surface area contributed by atoms with Crippen LogP contribution >= 0.6 is 11.6 Å². The average Bonchev–Trinajstić information content (AvgIpc) is 3.38. The molecule has 0 bridgehead atoms. The first-order valence-electron chi connectivity index (χ1n) is 14.3. The smallest absolute Gasteiger partial charge is 0.227 e. The minimum absolute atomic E-state index is 0.201. The topological polar surface area (TPSA) is 127 Å². The van der Waals surface area contributed by atoms with Gasteiger partial charge in [0, 0.05) is 62.4 Å². The normalized spacial score (nSPS) is 15.2. The van der Waals surface area contributed by atoms with Crippen LogP contribution in [0.3, 0.4) is 0 Å². The van der Waals surface area contributed by atoms with Crippen molar-refractivity contribution in [3.63, 3.8) is 0 Å². The van der Waals surface area contributed by atoms with Crippen LogP contribution in [0.25, 0.3) is 11.1 Å². The van der Waals surface area contributed by atoms with E-state index in [0.29, 0.717) is 35.6 Å². The number of aromatic nitrogens is 6. The summed E-state index contributed by atoms with van der Waals surface area (Å²) in [6.45, 7) is 10.5. The van der Waals surface area contributed by atoms with Gasteiger partial charge in [0.2, 0.25) is 5.95 Å². The zero-order chi connectivity index (χ0) is 30.4. The molecule has 0 amide bonds. The number of methoxy groups -OCH3 is 1.